The maximum atomic E-state index is 13.7. The SMILES string of the molecule is CC(C(=O)NC1CCCCC1)N(Cc1ccccc1Cl)C(=O)CN(c1ccc(F)cc1)S(=O)(=O)N(C)C. The maximum Gasteiger partial charge on any atom is 0.304 e. The van der Waals surface area contributed by atoms with E-state index < -0.39 is 34.5 Å². The van der Waals surface area contributed by atoms with E-state index in [0.717, 1.165) is 52.8 Å². The monoisotopic (exact) mass is 552 g/mol. The third kappa shape index (κ3) is 7.43. The second-order valence-electron chi connectivity index (χ2n) is 9.41. The molecule has 1 fully saturated rings. The molecule has 2 aromatic carbocycles. The lowest BCUT2D eigenvalue weighted by atomic mass is 9.95. The van der Waals surface area contributed by atoms with Crippen LogP contribution < -0.4 is 9.62 Å². The first kappa shape index (κ1) is 28.9. The van der Waals surface area contributed by atoms with E-state index in [1.165, 1.54) is 31.1 Å². The molecule has 1 atom stereocenters. The van der Waals surface area contributed by atoms with E-state index in [4.69, 9.17) is 11.6 Å². The highest BCUT2D eigenvalue weighted by Crippen LogP contribution is 2.23. The van der Waals surface area contributed by atoms with Crippen molar-refractivity contribution < 1.29 is 22.4 Å². The molecule has 0 saturated heterocycles. The van der Waals surface area contributed by atoms with Gasteiger partial charge < -0.3 is 10.2 Å². The molecule has 202 valence electrons. The standard InChI is InChI=1S/C26H34ClFN4O4S/c1-19(26(34)29-22-10-5-4-6-11-22)31(17-20-9-7-8-12-24(20)27)25(33)18-32(37(35,36)30(2)3)23-15-13-21(28)14-16-23/h7-9,12-16,19,22H,4-6,10-11,17-18H2,1-3H3,(H,29,34). The summed E-state index contributed by atoms with van der Waals surface area (Å²) in [6.07, 6.45) is 4.98. The average Bonchev–Trinajstić information content (AvgIpc) is 2.87. The number of nitrogens with one attached hydrogen (secondary N) is 1. The number of rotatable bonds is 10. The number of benzene rings is 2. The summed E-state index contributed by atoms with van der Waals surface area (Å²) < 4.78 is 41.7. The van der Waals surface area contributed by atoms with E-state index in [1.807, 2.05) is 0 Å². The molecule has 1 aliphatic rings. The summed E-state index contributed by atoms with van der Waals surface area (Å²) in [6, 6.07) is 11.0. The fourth-order valence-corrected chi connectivity index (χ4v) is 5.54. The van der Waals surface area contributed by atoms with Gasteiger partial charge in [-0.05, 0) is 55.7 Å². The van der Waals surface area contributed by atoms with Gasteiger partial charge in [0.2, 0.25) is 11.8 Å². The molecule has 0 aromatic heterocycles. The van der Waals surface area contributed by atoms with Crippen molar-refractivity contribution in [3.8, 4) is 0 Å². The van der Waals surface area contributed by atoms with Crippen LogP contribution in [0.2, 0.25) is 5.02 Å². The minimum absolute atomic E-state index is 0.0109. The third-order valence-corrected chi connectivity index (χ3v) is 8.74. The quantitative estimate of drug-likeness (QED) is 0.483. The molecule has 0 spiro atoms. The molecule has 0 heterocycles. The molecule has 1 unspecified atom stereocenters. The van der Waals surface area contributed by atoms with Crippen LogP contribution in [0.15, 0.2) is 48.5 Å². The van der Waals surface area contributed by atoms with E-state index >= 15 is 0 Å². The minimum atomic E-state index is -4.11. The summed E-state index contributed by atoms with van der Waals surface area (Å²) in [5.74, 6) is -1.44. The molecular formula is C26H34ClFN4O4S. The van der Waals surface area contributed by atoms with Gasteiger partial charge in [-0.15, -0.1) is 0 Å². The van der Waals surface area contributed by atoms with Gasteiger partial charge in [0, 0.05) is 31.7 Å². The molecular weight excluding hydrogens is 519 g/mol. The molecule has 8 nitrogen and oxygen atoms in total. The van der Waals surface area contributed by atoms with Gasteiger partial charge in [-0.3, -0.25) is 9.59 Å². The van der Waals surface area contributed by atoms with Crippen molar-refractivity contribution in [1.82, 2.24) is 14.5 Å². The minimum Gasteiger partial charge on any atom is -0.352 e. The molecule has 2 amide bonds. The molecule has 37 heavy (non-hydrogen) atoms. The number of amides is 2. The summed E-state index contributed by atoms with van der Waals surface area (Å²) in [5.41, 5.74) is 0.749. The third-order valence-electron chi connectivity index (χ3n) is 6.55. The van der Waals surface area contributed by atoms with Crippen molar-refractivity contribution in [3.05, 3.63) is 64.9 Å². The number of carbonyl (C=O) groups is 2. The highest BCUT2D eigenvalue weighted by Gasteiger charge is 2.33. The Morgan fingerprint density at radius 2 is 1.68 bits per heavy atom. The first-order chi connectivity index (χ1) is 17.5. The fourth-order valence-electron chi connectivity index (χ4n) is 4.29. The highest BCUT2D eigenvalue weighted by atomic mass is 35.5. The van der Waals surface area contributed by atoms with Crippen molar-refractivity contribution in [1.29, 1.82) is 0 Å². The molecule has 11 heteroatoms. The first-order valence-electron chi connectivity index (χ1n) is 12.3. The number of hydrogen-bond donors (Lipinski definition) is 1. The number of anilines is 1. The zero-order valence-corrected chi connectivity index (χ0v) is 22.9. The average molecular weight is 553 g/mol. The Kier molecular flexibility index (Phi) is 9.92. The van der Waals surface area contributed by atoms with Crippen molar-refractivity contribution in [2.75, 3.05) is 24.9 Å². The van der Waals surface area contributed by atoms with Gasteiger partial charge in [-0.25, -0.2) is 8.70 Å². The van der Waals surface area contributed by atoms with Crippen LogP contribution in [-0.4, -0.2) is 62.2 Å². The molecule has 0 bridgehead atoms. The van der Waals surface area contributed by atoms with Crippen molar-refractivity contribution in [2.45, 2.75) is 57.7 Å². The molecule has 3 rings (SSSR count). The predicted octanol–water partition coefficient (Wildman–Crippen LogP) is 3.96. The molecule has 2 aromatic rings. The molecule has 1 aliphatic carbocycles. The van der Waals surface area contributed by atoms with Crippen molar-refractivity contribution in [2.24, 2.45) is 0 Å². The van der Waals surface area contributed by atoms with E-state index in [0.29, 0.717) is 10.6 Å². The first-order valence-corrected chi connectivity index (χ1v) is 14.1. The number of nitrogens with zero attached hydrogens (tertiary/aromatic N) is 3. The lowest BCUT2D eigenvalue weighted by Gasteiger charge is -2.34. The van der Waals surface area contributed by atoms with Crippen LogP contribution in [0.4, 0.5) is 10.1 Å². The van der Waals surface area contributed by atoms with Gasteiger partial charge in [0.1, 0.15) is 18.4 Å². The topological polar surface area (TPSA) is 90.0 Å². The van der Waals surface area contributed by atoms with Crippen LogP contribution in [0, 0.1) is 5.82 Å². The molecule has 1 N–H and O–H groups in total. The van der Waals surface area contributed by atoms with E-state index in [1.54, 1.807) is 31.2 Å². The second-order valence-corrected chi connectivity index (χ2v) is 11.9. The molecule has 0 radical (unpaired) electrons. The summed E-state index contributed by atoms with van der Waals surface area (Å²) in [7, 11) is -1.42. The normalized spacial score (nSPS) is 15.3. The lowest BCUT2D eigenvalue weighted by molar-refractivity contribution is -0.139. The highest BCUT2D eigenvalue weighted by molar-refractivity contribution is 7.90. The molecule has 0 aliphatic heterocycles. The largest absolute Gasteiger partial charge is 0.352 e. The van der Waals surface area contributed by atoms with Gasteiger partial charge in [0.25, 0.3) is 0 Å². The zero-order valence-electron chi connectivity index (χ0n) is 21.4. The van der Waals surface area contributed by atoms with E-state index in [2.05, 4.69) is 5.32 Å². The summed E-state index contributed by atoms with van der Waals surface area (Å²) in [5, 5.41) is 3.47. The Bertz CT molecular complexity index is 1190. The van der Waals surface area contributed by atoms with E-state index in [9.17, 15) is 22.4 Å². The van der Waals surface area contributed by atoms with Crippen LogP contribution in [0.5, 0.6) is 0 Å². The van der Waals surface area contributed by atoms with Crippen molar-refractivity contribution >= 4 is 39.3 Å². The number of hydrogen-bond acceptors (Lipinski definition) is 4. The summed E-state index contributed by atoms with van der Waals surface area (Å²) in [6.45, 7) is 1.05. The van der Waals surface area contributed by atoms with Gasteiger partial charge in [0.05, 0.1) is 5.69 Å². The Labute approximate surface area is 223 Å². The van der Waals surface area contributed by atoms with Crippen LogP contribution in [0.3, 0.4) is 0 Å². The Morgan fingerprint density at radius 3 is 2.27 bits per heavy atom. The van der Waals surface area contributed by atoms with Gasteiger partial charge in [-0.1, -0.05) is 49.1 Å². The Morgan fingerprint density at radius 1 is 1.05 bits per heavy atom. The van der Waals surface area contributed by atoms with Crippen LogP contribution in [0.1, 0.15) is 44.6 Å². The van der Waals surface area contributed by atoms with Gasteiger partial charge in [-0.2, -0.15) is 12.7 Å². The molecule has 1 saturated carbocycles. The Balaban J connectivity index is 1.92. The van der Waals surface area contributed by atoms with Crippen LogP contribution in [-0.2, 0) is 26.3 Å². The maximum absolute atomic E-state index is 13.7. The fraction of sp³-hybridized carbons (Fsp3) is 0.462. The number of carbonyl (C=O) groups excluding carboxylic acids is 2. The van der Waals surface area contributed by atoms with Gasteiger partial charge >= 0.3 is 10.2 Å². The Hall–Kier alpha value is -2.69. The summed E-state index contributed by atoms with van der Waals surface area (Å²) in [4.78, 5) is 28.3. The van der Waals surface area contributed by atoms with Crippen molar-refractivity contribution in [3.63, 3.8) is 0 Å². The van der Waals surface area contributed by atoms with Gasteiger partial charge in [0.15, 0.2) is 0 Å². The van der Waals surface area contributed by atoms with Crippen LogP contribution in [0.25, 0.3) is 0 Å². The smallest absolute Gasteiger partial charge is 0.304 e. The summed E-state index contributed by atoms with van der Waals surface area (Å²) >= 11 is 6.36. The predicted molar refractivity (Wildman–Crippen MR) is 143 cm³/mol. The zero-order chi connectivity index (χ0) is 27.2. The van der Waals surface area contributed by atoms with E-state index in [-0.39, 0.29) is 24.2 Å². The second kappa shape index (κ2) is 12.7. The lowest BCUT2D eigenvalue weighted by Crippen LogP contribution is -2.53. The van der Waals surface area contributed by atoms with Crippen LogP contribution >= 0.6 is 11.6 Å². The number of halogens is 2.